The molecule has 11 nitrogen and oxygen atoms in total. The van der Waals surface area contributed by atoms with Crippen LogP contribution in [0.4, 0.5) is 5.82 Å². The number of fused-ring (bicyclic) bond motifs is 2. The number of nitrogens with two attached hydrogens (primary N) is 1. The zero-order chi connectivity index (χ0) is 27.1. The molecule has 0 aliphatic carbocycles. The third kappa shape index (κ3) is 4.30. The number of nitrogens with zero attached hydrogens (tertiary/aromatic N) is 7. The van der Waals surface area contributed by atoms with Gasteiger partial charge in [0.05, 0.1) is 34.4 Å². The Morgan fingerprint density at radius 2 is 2.00 bits per heavy atom. The van der Waals surface area contributed by atoms with E-state index in [1.54, 1.807) is 40.8 Å². The summed E-state index contributed by atoms with van der Waals surface area (Å²) in [7, 11) is 1.82. The van der Waals surface area contributed by atoms with E-state index < -0.39 is 11.9 Å². The fourth-order valence-electron chi connectivity index (χ4n) is 4.30. The Morgan fingerprint density at radius 1 is 1.18 bits per heavy atom. The summed E-state index contributed by atoms with van der Waals surface area (Å²) in [5.74, 6) is 6.09. The molecule has 39 heavy (non-hydrogen) atoms. The second-order valence-corrected chi connectivity index (χ2v) is 9.64. The Bertz CT molecular complexity index is 1990. The van der Waals surface area contributed by atoms with Gasteiger partial charge >= 0.3 is 0 Å². The first-order valence-corrected chi connectivity index (χ1v) is 12.8. The van der Waals surface area contributed by atoms with Crippen LogP contribution in [0.1, 0.15) is 40.3 Å². The molecular weight excluding hydrogens is 514 g/mol. The van der Waals surface area contributed by atoms with Crippen molar-refractivity contribution < 1.29 is 4.79 Å². The number of anilines is 1. The van der Waals surface area contributed by atoms with Gasteiger partial charge in [-0.1, -0.05) is 30.0 Å². The maximum Gasteiger partial charge on any atom is 0.268 e. The lowest BCUT2D eigenvalue weighted by molar-refractivity contribution is 0.0939. The zero-order valence-electron chi connectivity index (χ0n) is 20.9. The van der Waals surface area contributed by atoms with E-state index >= 15 is 0 Å². The Balaban J connectivity index is 1.46. The molecule has 6 aromatic rings. The third-order valence-corrected chi connectivity index (χ3v) is 7.00. The van der Waals surface area contributed by atoms with Crippen LogP contribution in [0.3, 0.4) is 0 Å². The number of rotatable bonds is 4. The van der Waals surface area contributed by atoms with Crippen molar-refractivity contribution in [1.82, 2.24) is 39.0 Å². The number of benzene rings is 1. The molecule has 5 aromatic heterocycles. The van der Waals surface area contributed by atoms with Crippen LogP contribution in [0.25, 0.3) is 21.6 Å². The summed E-state index contributed by atoms with van der Waals surface area (Å²) in [5, 5.41) is 9.29. The highest BCUT2D eigenvalue weighted by atomic mass is 32.1. The smallest absolute Gasteiger partial charge is 0.268 e. The average Bonchev–Trinajstić information content (AvgIpc) is 3.67. The molecule has 1 atom stereocenters. The molecule has 0 fully saturated rings. The lowest BCUT2D eigenvalue weighted by atomic mass is 10.2. The van der Waals surface area contributed by atoms with Gasteiger partial charge in [-0.05, 0) is 19.1 Å². The third-order valence-electron chi connectivity index (χ3n) is 6.13. The van der Waals surface area contributed by atoms with Crippen molar-refractivity contribution in [2.75, 3.05) is 5.73 Å². The van der Waals surface area contributed by atoms with Crippen LogP contribution in [0.15, 0.2) is 71.6 Å². The highest BCUT2D eigenvalue weighted by Gasteiger charge is 2.24. The molecule has 0 aliphatic rings. The number of nitrogen functional groups attached to an aromatic ring is 1. The van der Waals surface area contributed by atoms with Crippen molar-refractivity contribution in [1.29, 1.82) is 0 Å². The number of carbonyl (C=O) groups excluding carboxylic acids is 1. The topological polar surface area (TPSA) is 138 Å². The monoisotopic (exact) mass is 535 g/mol. The quantitative estimate of drug-likeness (QED) is 0.331. The largest absolute Gasteiger partial charge is 0.383 e. The van der Waals surface area contributed by atoms with Crippen molar-refractivity contribution in [2.24, 2.45) is 7.05 Å². The van der Waals surface area contributed by atoms with Crippen molar-refractivity contribution in [2.45, 2.75) is 13.0 Å². The van der Waals surface area contributed by atoms with Gasteiger partial charge in [-0.15, -0.1) is 11.3 Å². The minimum atomic E-state index is -0.670. The second-order valence-electron chi connectivity index (χ2n) is 8.79. The van der Waals surface area contributed by atoms with Crippen LogP contribution < -0.4 is 16.6 Å². The number of nitrogens with one attached hydrogen (secondary N) is 1. The van der Waals surface area contributed by atoms with Gasteiger partial charge in [-0.3, -0.25) is 23.2 Å². The maximum atomic E-state index is 14.0. The molecule has 3 N–H and O–H groups in total. The van der Waals surface area contributed by atoms with Gasteiger partial charge in [-0.25, -0.2) is 15.0 Å². The van der Waals surface area contributed by atoms with Crippen molar-refractivity contribution in [3.63, 3.8) is 0 Å². The molecule has 0 bridgehead atoms. The van der Waals surface area contributed by atoms with E-state index in [1.165, 1.54) is 22.2 Å². The number of carbonyl (C=O) groups is 1. The first-order valence-electron chi connectivity index (χ1n) is 11.9. The van der Waals surface area contributed by atoms with E-state index in [0.717, 1.165) is 5.56 Å². The van der Waals surface area contributed by atoms with E-state index in [1.807, 2.05) is 42.8 Å². The zero-order valence-corrected chi connectivity index (χ0v) is 21.7. The molecule has 5 heterocycles. The molecule has 0 aliphatic heterocycles. The Hall–Kier alpha value is -5.28. The number of hydrogen-bond donors (Lipinski definition) is 2. The summed E-state index contributed by atoms with van der Waals surface area (Å²) in [6.45, 7) is 1.76. The summed E-state index contributed by atoms with van der Waals surface area (Å²) in [6.07, 6.45) is 8.19. The Labute approximate surface area is 225 Å². The summed E-state index contributed by atoms with van der Waals surface area (Å²) in [6, 6.07) is 8.49. The van der Waals surface area contributed by atoms with Crippen LogP contribution >= 0.6 is 11.3 Å². The number of thiophene rings is 1. The number of para-hydroxylation sites is 1. The molecule has 12 heteroatoms. The van der Waals surface area contributed by atoms with Gasteiger partial charge in [0.15, 0.2) is 5.65 Å². The predicted molar refractivity (Wildman–Crippen MR) is 148 cm³/mol. The lowest BCUT2D eigenvalue weighted by Crippen LogP contribution is -2.33. The number of hydrogen-bond acceptors (Lipinski definition) is 8. The number of imidazole rings is 1. The van der Waals surface area contributed by atoms with E-state index in [9.17, 15) is 9.59 Å². The highest BCUT2D eigenvalue weighted by molar-refractivity contribution is 7.17. The summed E-state index contributed by atoms with van der Waals surface area (Å²) < 4.78 is 4.78. The average molecular weight is 536 g/mol. The fourth-order valence-corrected chi connectivity index (χ4v) is 5.16. The van der Waals surface area contributed by atoms with Gasteiger partial charge in [-0.2, -0.15) is 5.10 Å². The molecule has 1 unspecified atom stereocenters. The summed E-state index contributed by atoms with van der Waals surface area (Å²) >= 11 is 1.32. The van der Waals surface area contributed by atoms with Crippen LogP contribution in [0.5, 0.6) is 0 Å². The summed E-state index contributed by atoms with van der Waals surface area (Å²) in [4.78, 5) is 41.0. The predicted octanol–water partition coefficient (Wildman–Crippen LogP) is 2.70. The van der Waals surface area contributed by atoms with E-state index in [0.29, 0.717) is 32.9 Å². The molecule has 1 aromatic carbocycles. The minimum Gasteiger partial charge on any atom is -0.383 e. The molecule has 1 amide bonds. The van der Waals surface area contributed by atoms with Crippen LogP contribution in [0.2, 0.25) is 0 Å². The number of aryl methyl sites for hydroxylation is 1. The van der Waals surface area contributed by atoms with Gasteiger partial charge in [0.2, 0.25) is 0 Å². The number of aromatic nitrogens is 7. The van der Waals surface area contributed by atoms with E-state index in [4.69, 9.17) is 10.7 Å². The molecule has 0 radical (unpaired) electrons. The first kappa shape index (κ1) is 24.1. The highest BCUT2D eigenvalue weighted by Crippen LogP contribution is 2.25. The first-order chi connectivity index (χ1) is 18.9. The van der Waals surface area contributed by atoms with Crippen molar-refractivity contribution in [3.8, 4) is 17.5 Å². The van der Waals surface area contributed by atoms with E-state index in [2.05, 4.69) is 32.2 Å². The molecule has 0 spiro atoms. The lowest BCUT2D eigenvalue weighted by Gasteiger charge is -2.19. The van der Waals surface area contributed by atoms with Gasteiger partial charge in [0.25, 0.3) is 11.5 Å². The van der Waals surface area contributed by atoms with E-state index in [-0.39, 0.29) is 16.9 Å². The second kappa shape index (κ2) is 9.55. The molecule has 0 saturated heterocycles. The normalized spacial score (nSPS) is 11.8. The van der Waals surface area contributed by atoms with Crippen molar-refractivity contribution in [3.05, 3.63) is 99.7 Å². The standard InChI is InChI=1S/C27H21N9O2S/c1-16(32-25(37)21-22(28)30-15-35-11-10-29-24(21)35)23-33-26-20(27(38)36(23)19-6-4-3-5-7-19)18(14-39-26)9-8-17-12-31-34(2)13-17/h3-7,10-16H,28H2,1-2H3,(H,32,37). The van der Waals surface area contributed by atoms with Gasteiger partial charge in [0.1, 0.15) is 28.4 Å². The molecule has 192 valence electrons. The fraction of sp³-hybridized carbons (Fsp3) is 0.111. The van der Waals surface area contributed by atoms with Gasteiger partial charge < -0.3 is 11.1 Å². The molecule has 0 saturated carbocycles. The Morgan fingerprint density at radius 3 is 2.77 bits per heavy atom. The molecule has 6 rings (SSSR count). The Kier molecular flexibility index (Phi) is 5.90. The van der Waals surface area contributed by atoms with Gasteiger partial charge in [0, 0.05) is 31.0 Å². The summed E-state index contributed by atoms with van der Waals surface area (Å²) in [5.41, 5.74) is 8.22. The van der Waals surface area contributed by atoms with Crippen molar-refractivity contribution >= 4 is 38.9 Å². The van der Waals surface area contributed by atoms with Crippen LogP contribution in [-0.2, 0) is 7.05 Å². The maximum absolute atomic E-state index is 14.0. The molecular formula is C27H21N9O2S. The minimum absolute atomic E-state index is 0.0531. The van der Waals surface area contributed by atoms with Crippen LogP contribution in [0, 0.1) is 11.8 Å². The number of amides is 1. The van der Waals surface area contributed by atoms with Crippen LogP contribution in [-0.4, -0.2) is 39.6 Å². The SMILES string of the molecule is CC(NC(=O)c1c(N)ncn2ccnc12)c1nc2scc(C#Cc3cnn(C)c3)c2c(=O)n1-c1ccccc1.